The minimum absolute atomic E-state index is 0.0328. The SMILES string of the molecule is C[C@@H]1C[C@H](O)[C@H](CC=CCCCC(=O)O)[C@H]1/C=C/[C@H](COc1cccc(C(F)(F)F)c1)OPP. The van der Waals surface area contributed by atoms with Crippen LogP contribution in [0.2, 0.25) is 0 Å². The van der Waals surface area contributed by atoms with Gasteiger partial charge in [0.2, 0.25) is 0 Å². The van der Waals surface area contributed by atoms with Crippen LogP contribution in [0.25, 0.3) is 0 Å². The molecular weight excluding hydrogens is 487 g/mol. The van der Waals surface area contributed by atoms with Gasteiger partial charge in [0, 0.05) is 14.9 Å². The second-order valence-electron chi connectivity index (χ2n) is 8.51. The van der Waals surface area contributed by atoms with E-state index in [-0.39, 0.29) is 45.0 Å². The third-order valence-corrected chi connectivity index (χ3v) is 6.79. The molecule has 2 rings (SSSR count). The van der Waals surface area contributed by atoms with Crippen LogP contribution in [0.1, 0.15) is 44.6 Å². The molecule has 190 valence electrons. The summed E-state index contributed by atoms with van der Waals surface area (Å²) in [6.07, 6.45) is 5.32. The number of allylic oxidation sites excluding steroid dienone is 3. The Balaban J connectivity index is 1.97. The molecule has 7 atom stereocenters. The van der Waals surface area contributed by atoms with E-state index >= 15 is 0 Å². The first-order valence-corrected chi connectivity index (χ1v) is 14.0. The summed E-state index contributed by atoms with van der Waals surface area (Å²) in [6, 6.07) is 4.76. The van der Waals surface area contributed by atoms with Crippen LogP contribution in [0.4, 0.5) is 13.2 Å². The molecule has 0 saturated heterocycles. The van der Waals surface area contributed by atoms with Gasteiger partial charge in [-0.25, -0.2) is 0 Å². The van der Waals surface area contributed by atoms with E-state index in [1.165, 1.54) is 12.1 Å². The van der Waals surface area contributed by atoms with Gasteiger partial charge in [-0.2, -0.15) is 13.2 Å². The third-order valence-electron chi connectivity index (χ3n) is 5.94. The fourth-order valence-corrected chi connectivity index (χ4v) is 5.04. The number of carboxylic acids is 1. The van der Waals surface area contributed by atoms with Gasteiger partial charge in [-0.1, -0.05) is 46.2 Å². The topological polar surface area (TPSA) is 76.0 Å². The van der Waals surface area contributed by atoms with Crippen molar-refractivity contribution in [2.75, 3.05) is 6.61 Å². The second kappa shape index (κ2) is 14.2. The number of unbranched alkanes of at least 4 members (excludes halogenated alkanes) is 1. The Kier molecular flexibility index (Phi) is 12.0. The molecule has 0 radical (unpaired) electrons. The van der Waals surface area contributed by atoms with Crippen molar-refractivity contribution in [1.82, 2.24) is 0 Å². The predicted molar refractivity (Wildman–Crippen MR) is 131 cm³/mol. The highest BCUT2D eigenvalue weighted by Gasteiger charge is 2.38. The van der Waals surface area contributed by atoms with Gasteiger partial charge in [-0.05, 0) is 61.6 Å². The molecule has 2 N–H and O–H groups in total. The molecule has 10 heteroatoms. The lowest BCUT2D eigenvalue weighted by Gasteiger charge is -2.21. The molecule has 1 aromatic rings. The Hall–Kier alpha value is -1.46. The summed E-state index contributed by atoms with van der Waals surface area (Å²) in [4.78, 5) is 10.6. The van der Waals surface area contributed by atoms with Crippen LogP contribution in [-0.2, 0) is 15.5 Å². The Labute approximate surface area is 202 Å². The number of aliphatic carboxylic acids is 1. The van der Waals surface area contributed by atoms with Gasteiger partial charge in [0.15, 0.2) is 0 Å². The zero-order valence-electron chi connectivity index (χ0n) is 19.1. The average molecular weight is 520 g/mol. The van der Waals surface area contributed by atoms with Crippen molar-refractivity contribution in [2.24, 2.45) is 17.8 Å². The molecule has 2 unspecified atom stereocenters. The Morgan fingerprint density at radius 1 is 1.35 bits per heavy atom. The van der Waals surface area contributed by atoms with Gasteiger partial charge in [0.05, 0.1) is 11.7 Å². The van der Waals surface area contributed by atoms with Gasteiger partial charge in [0.1, 0.15) is 18.5 Å². The molecule has 1 aliphatic carbocycles. The Morgan fingerprint density at radius 3 is 2.79 bits per heavy atom. The molecule has 5 nitrogen and oxygen atoms in total. The summed E-state index contributed by atoms with van der Waals surface area (Å²) >= 11 is 0. The van der Waals surface area contributed by atoms with Crippen LogP contribution in [0.5, 0.6) is 5.75 Å². The smallest absolute Gasteiger partial charge is 0.416 e. The second-order valence-corrected chi connectivity index (χ2v) is 9.69. The number of benzene rings is 1. The van der Waals surface area contributed by atoms with Crippen molar-refractivity contribution >= 4 is 23.4 Å². The number of alkyl halides is 3. The number of hydrogen-bond acceptors (Lipinski definition) is 4. The first-order chi connectivity index (χ1) is 16.1. The van der Waals surface area contributed by atoms with Gasteiger partial charge in [-0.15, -0.1) is 0 Å². The van der Waals surface area contributed by atoms with Crippen molar-refractivity contribution in [2.45, 2.75) is 57.4 Å². The van der Waals surface area contributed by atoms with E-state index in [4.69, 9.17) is 14.4 Å². The van der Waals surface area contributed by atoms with E-state index in [9.17, 15) is 23.1 Å². The number of ether oxygens (including phenoxy) is 1. The molecule has 1 fully saturated rings. The summed E-state index contributed by atoms with van der Waals surface area (Å²) in [5.74, 6) is -0.269. The molecule has 1 saturated carbocycles. The summed E-state index contributed by atoms with van der Waals surface area (Å²) < 4.78 is 50.1. The summed E-state index contributed by atoms with van der Waals surface area (Å²) in [5, 5.41) is 19.2. The lowest BCUT2D eigenvalue weighted by molar-refractivity contribution is -0.138. The normalized spacial score (nSPS) is 24.5. The van der Waals surface area contributed by atoms with Gasteiger partial charge >= 0.3 is 12.1 Å². The monoisotopic (exact) mass is 520 g/mol. The van der Waals surface area contributed by atoms with Crippen LogP contribution in [-0.4, -0.2) is 35.0 Å². The van der Waals surface area contributed by atoms with Crippen molar-refractivity contribution in [3.05, 3.63) is 54.1 Å². The summed E-state index contributed by atoms with van der Waals surface area (Å²) in [6.45, 7) is 2.15. The first-order valence-electron chi connectivity index (χ1n) is 11.3. The number of rotatable bonds is 13. The fourth-order valence-electron chi connectivity index (χ4n) is 4.19. The highest BCUT2D eigenvalue weighted by molar-refractivity contribution is 8.00. The number of hydrogen-bond donors (Lipinski definition) is 2. The highest BCUT2D eigenvalue weighted by Crippen LogP contribution is 2.40. The quantitative estimate of drug-likeness (QED) is 0.183. The molecule has 0 bridgehead atoms. The minimum Gasteiger partial charge on any atom is -0.491 e. The van der Waals surface area contributed by atoms with E-state index in [2.05, 4.69) is 15.9 Å². The number of aliphatic hydroxyl groups excluding tert-OH is 1. The molecule has 0 spiro atoms. The molecular formula is C24H33F3O5P2. The summed E-state index contributed by atoms with van der Waals surface area (Å²) in [5.41, 5.74) is -0.765. The maximum Gasteiger partial charge on any atom is 0.416 e. The number of carboxylic acid groups (broad SMARTS) is 1. The highest BCUT2D eigenvalue weighted by atomic mass is 32.0. The molecule has 34 heavy (non-hydrogen) atoms. The zero-order valence-corrected chi connectivity index (χ0v) is 21.2. The van der Waals surface area contributed by atoms with Gasteiger partial charge < -0.3 is 19.5 Å². The molecule has 0 heterocycles. The Bertz CT molecular complexity index is 831. The van der Waals surface area contributed by atoms with E-state index < -0.39 is 29.9 Å². The Morgan fingerprint density at radius 2 is 2.12 bits per heavy atom. The maximum atomic E-state index is 12.9. The molecule has 0 aliphatic heterocycles. The minimum atomic E-state index is -4.43. The van der Waals surface area contributed by atoms with Crippen molar-refractivity contribution < 1.29 is 37.4 Å². The molecule has 1 aliphatic rings. The third kappa shape index (κ3) is 9.65. The van der Waals surface area contributed by atoms with Crippen LogP contribution in [0.3, 0.4) is 0 Å². The van der Waals surface area contributed by atoms with Gasteiger partial charge in [0.25, 0.3) is 0 Å². The van der Waals surface area contributed by atoms with Crippen molar-refractivity contribution in [1.29, 1.82) is 0 Å². The number of carbonyl (C=O) groups is 1. The largest absolute Gasteiger partial charge is 0.491 e. The summed E-state index contributed by atoms with van der Waals surface area (Å²) in [7, 11) is 2.58. The molecule has 0 amide bonds. The number of aliphatic hydroxyl groups is 1. The van der Waals surface area contributed by atoms with Crippen LogP contribution < -0.4 is 4.74 Å². The van der Waals surface area contributed by atoms with Crippen LogP contribution in [0, 0.1) is 17.8 Å². The van der Waals surface area contributed by atoms with E-state index in [1.807, 2.05) is 24.3 Å². The average Bonchev–Trinajstić information content (AvgIpc) is 3.04. The van der Waals surface area contributed by atoms with Crippen LogP contribution >= 0.6 is 17.4 Å². The maximum absolute atomic E-state index is 12.9. The molecule has 1 aromatic carbocycles. The van der Waals surface area contributed by atoms with E-state index in [0.29, 0.717) is 25.7 Å². The predicted octanol–water partition coefficient (Wildman–Crippen LogP) is 6.24. The number of halogens is 3. The standard InChI is InChI=1S/C24H33F3O5P2/c1-16-13-22(28)21(9-4-2-3-5-10-23(29)30)20(16)12-11-19(32-34-33)15-31-18-8-6-7-17(14-18)24(25,26)27/h2,4,6-8,11-12,14,16,19-22,28,34H,3,5,9-10,13,15,33H2,1H3,(H,29,30)/b4-2?,12-11+/t16-,19-,20+,21-,22+/m1/s1. The van der Waals surface area contributed by atoms with Crippen molar-refractivity contribution in [3.63, 3.8) is 0 Å². The van der Waals surface area contributed by atoms with Crippen molar-refractivity contribution in [3.8, 4) is 5.75 Å². The van der Waals surface area contributed by atoms with Crippen LogP contribution in [0.15, 0.2) is 48.6 Å². The van der Waals surface area contributed by atoms with E-state index in [0.717, 1.165) is 12.1 Å². The van der Waals surface area contributed by atoms with E-state index in [1.54, 1.807) is 0 Å². The zero-order chi connectivity index (χ0) is 25.1. The fraction of sp³-hybridized carbons (Fsp3) is 0.542. The van der Waals surface area contributed by atoms with Gasteiger partial charge in [-0.3, -0.25) is 4.79 Å². The lowest BCUT2D eigenvalue weighted by Crippen LogP contribution is -2.20. The molecule has 0 aromatic heterocycles. The first kappa shape index (κ1) is 28.8. The lowest BCUT2D eigenvalue weighted by atomic mass is 9.87.